The molecule has 0 unspecified atom stereocenters. The van der Waals surface area contributed by atoms with Gasteiger partial charge in [0.1, 0.15) is 0 Å². The van der Waals surface area contributed by atoms with Gasteiger partial charge < -0.3 is 0 Å². The molecule has 0 amide bonds. The van der Waals surface area contributed by atoms with Crippen LogP contribution in [0.3, 0.4) is 0 Å². The minimum Gasteiger partial charge on any atom is -0.297 e. The Kier molecular flexibility index (Phi) is 4.02. The van der Waals surface area contributed by atoms with Gasteiger partial charge in [-0.15, -0.1) is 10.2 Å². The molecule has 2 rings (SSSR count). The van der Waals surface area contributed by atoms with Gasteiger partial charge in [0, 0.05) is 16.6 Å². The van der Waals surface area contributed by atoms with Crippen molar-refractivity contribution in [3.63, 3.8) is 0 Å². The third-order valence-electron chi connectivity index (χ3n) is 2.53. The van der Waals surface area contributed by atoms with Gasteiger partial charge in [-0.3, -0.25) is 4.57 Å². The number of halogens is 1. The second kappa shape index (κ2) is 5.40. The van der Waals surface area contributed by atoms with E-state index in [4.69, 9.17) is 5.14 Å². The molecule has 0 aliphatic rings. The van der Waals surface area contributed by atoms with Gasteiger partial charge >= 0.3 is 0 Å². The predicted octanol–water partition coefficient (Wildman–Crippen LogP) is 1.76. The molecule has 0 bridgehead atoms. The lowest BCUT2D eigenvalue weighted by Gasteiger charge is -2.08. The molecule has 8 heteroatoms. The van der Waals surface area contributed by atoms with E-state index >= 15 is 0 Å². The summed E-state index contributed by atoms with van der Waals surface area (Å²) in [5.74, 6) is 0.485. The van der Waals surface area contributed by atoms with Crippen LogP contribution in [-0.2, 0) is 16.6 Å². The van der Waals surface area contributed by atoms with Crippen molar-refractivity contribution >= 4 is 26.0 Å². The standard InChI is InChI=1S/C11H13BrN4O2S/c1-2-7-16-10(8-5-3-4-6-9(8)12)14-15-11(16)19(13,17)18/h3-6H,2,7H2,1H3,(H2,13,17,18). The smallest absolute Gasteiger partial charge is 0.273 e. The summed E-state index contributed by atoms with van der Waals surface area (Å²) in [6.45, 7) is 2.42. The van der Waals surface area contributed by atoms with Crippen LogP contribution in [0.5, 0.6) is 0 Å². The van der Waals surface area contributed by atoms with Crippen molar-refractivity contribution in [1.82, 2.24) is 14.8 Å². The Hall–Kier alpha value is -1.25. The van der Waals surface area contributed by atoms with Crippen molar-refractivity contribution in [3.8, 4) is 11.4 Å². The molecule has 0 saturated heterocycles. The van der Waals surface area contributed by atoms with Gasteiger partial charge in [0.15, 0.2) is 5.82 Å². The first-order valence-corrected chi connectivity index (χ1v) is 8.00. The monoisotopic (exact) mass is 344 g/mol. The van der Waals surface area contributed by atoms with Crippen molar-refractivity contribution in [2.24, 2.45) is 5.14 Å². The highest BCUT2D eigenvalue weighted by atomic mass is 79.9. The lowest BCUT2D eigenvalue weighted by atomic mass is 10.2. The minimum absolute atomic E-state index is 0.208. The molecule has 1 aromatic carbocycles. The van der Waals surface area contributed by atoms with Crippen LogP contribution in [-0.4, -0.2) is 23.2 Å². The Morgan fingerprint density at radius 1 is 1.32 bits per heavy atom. The number of benzene rings is 1. The molecule has 19 heavy (non-hydrogen) atoms. The number of sulfonamides is 1. The highest BCUT2D eigenvalue weighted by Gasteiger charge is 2.22. The van der Waals surface area contributed by atoms with Crippen LogP contribution in [0, 0.1) is 0 Å². The number of aromatic nitrogens is 3. The number of rotatable bonds is 4. The van der Waals surface area contributed by atoms with Crippen LogP contribution >= 0.6 is 15.9 Å². The average molecular weight is 345 g/mol. The predicted molar refractivity (Wildman–Crippen MR) is 74.8 cm³/mol. The topological polar surface area (TPSA) is 90.9 Å². The summed E-state index contributed by atoms with van der Waals surface area (Å²) in [6.07, 6.45) is 0.748. The second-order valence-corrected chi connectivity index (χ2v) is 6.29. The van der Waals surface area contributed by atoms with Gasteiger partial charge in [0.2, 0.25) is 0 Å². The molecule has 0 spiro atoms. The van der Waals surface area contributed by atoms with E-state index in [1.54, 1.807) is 0 Å². The SMILES string of the molecule is CCCn1c(-c2ccccc2Br)nnc1S(N)(=O)=O. The Morgan fingerprint density at radius 3 is 2.58 bits per heavy atom. The fourth-order valence-corrected chi connectivity index (χ4v) is 2.87. The average Bonchev–Trinajstić information content (AvgIpc) is 2.74. The third-order valence-corrected chi connectivity index (χ3v) is 4.04. The molecule has 1 heterocycles. The quantitative estimate of drug-likeness (QED) is 0.914. The van der Waals surface area contributed by atoms with Crippen LogP contribution in [0.4, 0.5) is 0 Å². The third kappa shape index (κ3) is 2.85. The molecule has 0 aliphatic carbocycles. The van der Waals surface area contributed by atoms with E-state index in [1.807, 2.05) is 31.2 Å². The van der Waals surface area contributed by atoms with Crippen LogP contribution in [0.1, 0.15) is 13.3 Å². The molecular weight excluding hydrogens is 332 g/mol. The first-order chi connectivity index (χ1) is 8.95. The van der Waals surface area contributed by atoms with E-state index in [2.05, 4.69) is 26.1 Å². The molecule has 0 fully saturated rings. The molecule has 0 atom stereocenters. The zero-order chi connectivity index (χ0) is 14.0. The largest absolute Gasteiger partial charge is 0.297 e. The van der Waals surface area contributed by atoms with Gasteiger partial charge in [-0.25, -0.2) is 13.6 Å². The minimum atomic E-state index is -3.88. The van der Waals surface area contributed by atoms with Crippen LogP contribution < -0.4 is 5.14 Å². The fraction of sp³-hybridized carbons (Fsp3) is 0.273. The maximum atomic E-state index is 11.5. The van der Waals surface area contributed by atoms with E-state index in [9.17, 15) is 8.42 Å². The van der Waals surface area contributed by atoms with Gasteiger partial charge in [0.05, 0.1) is 0 Å². The van der Waals surface area contributed by atoms with E-state index in [1.165, 1.54) is 4.57 Å². The number of nitrogens with two attached hydrogens (primary N) is 1. The summed E-state index contributed by atoms with van der Waals surface area (Å²) in [4.78, 5) is 0. The molecule has 6 nitrogen and oxygen atoms in total. The Bertz CT molecular complexity index is 696. The first kappa shape index (κ1) is 14.2. The normalized spacial score (nSPS) is 11.7. The summed E-state index contributed by atoms with van der Waals surface area (Å²) in [5, 5.41) is 12.6. The Morgan fingerprint density at radius 2 is 2.00 bits per heavy atom. The zero-order valence-electron chi connectivity index (χ0n) is 10.2. The van der Waals surface area contributed by atoms with E-state index in [0.717, 1.165) is 16.5 Å². The number of hydrogen-bond acceptors (Lipinski definition) is 4. The van der Waals surface area contributed by atoms with E-state index < -0.39 is 10.0 Å². The van der Waals surface area contributed by atoms with Crippen molar-refractivity contribution < 1.29 is 8.42 Å². The molecule has 0 radical (unpaired) electrons. The highest BCUT2D eigenvalue weighted by Crippen LogP contribution is 2.27. The molecule has 0 aliphatic heterocycles. The Balaban J connectivity index is 2.66. The van der Waals surface area contributed by atoms with E-state index in [-0.39, 0.29) is 5.16 Å². The maximum absolute atomic E-state index is 11.5. The van der Waals surface area contributed by atoms with Gasteiger partial charge in [-0.2, -0.15) is 0 Å². The summed E-state index contributed by atoms with van der Waals surface area (Å²) in [6, 6.07) is 7.42. The lowest BCUT2D eigenvalue weighted by Crippen LogP contribution is -2.19. The van der Waals surface area contributed by atoms with Gasteiger partial charge in [0.25, 0.3) is 15.2 Å². The van der Waals surface area contributed by atoms with Crippen molar-refractivity contribution in [1.29, 1.82) is 0 Å². The number of nitrogens with zero attached hydrogens (tertiary/aromatic N) is 3. The van der Waals surface area contributed by atoms with Crippen molar-refractivity contribution in [3.05, 3.63) is 28.7 Å². The summed E-state index contributed by atoms with van der Waals surface area (Å²) >= 11 is 3.42. The summed E-state index contributed by atoms with van der Waals surface area (Å²) < 4.78 is 25.3. The van der Waals surface area contributed by atoms with Crippen molar-refractivity contribution in [2.45, 2.75) is 25.0 Å². The van der Waals surface area contributed by atoms with Crippen LogP contribution in [0.15, 0.2) is 33.9 Å². The summed E-state index contributed by atoms with van der Waals surface area (Å²) in [5.41, 5.74) is 0.776. The fourth-order valence-electron chi connectivity index (χ4n) is 1.77. The number of hydrogen-bond donors (Lipinski definition) is 1. The molecular formula is C11H13BrN4O2S. The van der Waals surface area contributed by atoms with Gasteiger partial charge in [-0.05, 0) is 12.5 Å². The zero-order valence-corrected chi connectivity index (χ0v) is 12.6. The molecule has 2 N–H and O–H groups in total. The Labute approximate surface area is 119 Å². The van der Waals surface area contributed by atoms with E-state index in [0.29, 0.717) is 12.4 Å². The molecule has 1 aromatic heterocycles. The lowest BCUT2D eigenvalue weighted by molar-refractivity contribution is 0.559. The second-order valence-electron chi connectivity index (χ2n) is 3.98. The molecule has 2 aromatic rings. The number of primary sulfonamides is 1. The molecule has 0 saturated carbocycles. The van der Waals surface area contributed by atoms with Crippen molar-refractivity contribution in [2.75, 3.05) is 0 Å². The van der Waals surface area contributed by atoms with Crippen LogP contribution in [0.2, 0.25) is 0 Å². The first-order valence-electron chi connectivity index (χ1n) is 5.66. The summed E-state index contributed by atoms with van der Waals surface area (Å²) in [7, 11) is -3.88. The van der Waals surface area contributed by atoms with Gasteiger partial charge in [-0.1, -0.05) is 41.1 Å². The molecule has 102 valence electrons. The van der Waals surface area contributed by atoms with Crippen LogP contribution in [0.25, 0.3) is 11.4 Å². The maximum Gasteiger partial charge on any atom is 0.273 e. The highest BCUT2D eigenvalue weighted by molar-refractivity contribution is 9.10.